The average molecular weight is 417 g/mol. The Labute approximate surface area is 170 Å². The maximum absolute atomic E-state index is 12.7. The Hall–Kier alpha value is -2.39. The number of carbonyl (C=O) groups is 3. The van der Waals surface area contributed by atoms with Gasteiger partial charge in [0.15, 0.2) is 5.13 Å². The van der Waals surface area contributed by atoms with E-state index in [1.807, 2.05) is 36.6 Å². The number of rotatable bonds is 4. The normalized spacial score (nSPS) is 23.6. The summed E-state index contributed by atoms with van der Waals surface area (Å²) in [6.45, 7) is 3.49. The van der Waals surface area contributed by atoms with E-state index in [9.17, 15) is 14.4 Å². The second kappa shape index (κ2) is 7.21. The lowest BCUT2D eigenvalue weighted by molar-refractivity contribution is -0.135. The van der Waals surface area contributed by atoms with Crippen LogP contribution < -0.4 is 10.6 Å². The first-order valence-corrected chi connectivity index (χ1v) is 10.8. The summed E-state index contributed by atoms with van der Waals surface area (Å²) in [5, 5.41) is 7.97. The first kappa shape index (κ1) is 18.9. The predicted molar refractivity (Wildman–Crippen MR) is 111 cm³/mol. The minimum atomic E-state index is -0.450. The zero-order valence-electron chi connectivity index (χ0n) is 15.5. The van der Waals surface area contributed by atoms with Crippen molar-refractivity contribution in [3.8, 4) is 11.3 Å². The van der Waals surface area contributed by atoms with Gasteiger partial charge in [-0.25, -0.2) is 4.98 Å². The van der Waals surface area contributed by atoms with Crippen molar-refractivity contribution < 1.29 is 14.4 Å². The number of aromatic nitrogens is 1. The van der Waals surface area contributed by atoms with Gasteiger partial charge in [-0.1, -0.05) is 12.1 Å². The van der Waals surface area contributed by atoms with Crippen LogP contribution in [0.4, 0.5) is 10.8 Å². The number of nitrogens with zero attached hydrogens (tertiary/aromatic N) is 2. The van der Waals surface area contributed by atoms with Gasteiger partial charge in [0.05, 0.1) is 10.6 Å². The fourth-order valence-electron chi connectivity index (χ4n) is 3.59. The molecule has 4 rings (SSSR count). The first-order chi connectivity index (χ1) is 13.4. The number of carbonyl (C=O) groups excluding carboxylic acids is 3. The van der Waals surface area contributed by atoms with Gasteiger partial charge in [-0.2, -0.15) is 0 Å². The van der Waals surface area contributed by atoms with Crippen LogP contribution in [0.15, 0.2) is 29.6 Å². The van der Waals surface area contributed by atoms with E-state index in [-0.39, 0.29) is 22.6 Å². The maximum Gasteiger partial charge on any atom is 0.249 e. The largest absolute Gasteiger partial charge is 0.326 e. The average Bonchev–Trinajstić information content (AvgIpc) is 3.31. The summed E-state index contributed by atoms with van der Waals surface area (Å²) in [6, 6.07) is 6.91. The van der Waals surface area contributed by atoms with Crippen LogP contribution in [0, 0.1) is 0 Å². The number of hydrogen-bond acceptors (Lipinski definition) is 6. The van der Waals surface area contributed by atoms with E-state index in [2.05, 4.69) is 15.6 Å². The Morgan fingerprint density at radius 1 is 1.25 bits per heavy atom. The van der Waals surface area contributed by atoms with Gasteiger partial charge in [0.1, 0.15) is 6.04 Å². The molecule has 2 fully saturated rings. The molecule has 2 N–H and O–H groups in total. The van der Waals surface area contributed by atoms with Crippen LogP contribution in [0.25, 0.3) is 11.3 Å². The van der Waals surface area contributed by atoms with Crippen molar-refractivity contribution in [2.24, 2.45) is 0 Å². The molecule has 0 spiro atoms. The first-order valence-electron chi connectivity index (χ1n) is 8.96. The minimum Gasteiger partial charge on any atom is -0.326 e. The van der Waals surface area contributed by atoms with Crippen LogP contribution in [-0.2, 0) is 14.4 Å². The van der Waals surface area contributed by atoms with Crippen molar-refractivity contribution in [2.75, 3.05) is 16.4 Å². The molecular formula is C19H20N4O3S2. The summed E-state index contributed by atoms with van der Waals surface area (Å²) in [5.41, 5.74) is 2.36. The van der Waals surface area contributed by atoms with E-state index in [0.717, 1.165) is 23.4 Å². The summed E-state index contributed by atoms with van der Waals surface area (Å²) >= 11 is 3.02. The number of amides is 3. The van der Waals surface area contributed by atoms with Gasteiger partial charge in [0.25, 0.3) is 0 Å². The van der Waals surface area contributed by atoms with Crippen LogP contribution >= 0.6 is 23.1 Å². The van der Waals surface area contributed by atoms with Crippen LogP contribution in [0.3, 0.4) is 0 Å². The van der Waals surface area contributed by atoms with Crippen molar-refractivity contribution in [1.82, 2.24) is 9.88 Å². The third kappa shape index (κ3) is 3.51. The molecule has 1 aromatic heterocycles. The molecule has 28 heavy (non-hydrogen) atoms. The summed E-state index contributed by atoms with van der Waals surface area (Å²) < 4.78 is 0. The van der Waals surface area contributed by atoms with E-state index in [4.69, 9.17) is 0 Å². The second-order valence-electron chi connectivity index (χ2n) is 7.05. The number of thioether (sulfide) groups is 1. The van der Waals surface area contributed by atoms with Crippen molar-refractivity contribution in [3.05, 3.63) is 29.6 Å². The van der Waals surface area contributed by atoms with Gasteiger partial charge in [0, 0.05) is 35.7 Å². The van der Waals surface area contributed by atoms with E-state index < -0.39 is 6.04 Å². The smallest absolute Gasteiger partial charge is 0.249 e. The lowest BCUT2D eigenvalue weighted by Crippen LogP contribution is -2.48. The number of nitrogens with one attached hydrogen (secondary N) is 2. The third-order valence-corrected chi connectivity index (χ3v) is 7.25. The number of anilines is 2. The number of hydrogen-bond donors (Lipinski definition) is 2. The molecule has 2 aliphatic heterocycles. The van der Waals surface area contributed by atoms with Gasteiger partial charge in [0.2, 0.25) is 17.7 Å². The van der Waals surface area contributed by atoms with E-state index in [0.29, 0.717) is 17.3 Å². The SMILES string of the molecule is CC(=O)Nc1ccc(-c2csc(NC(=O)[C@@H]3CS[C@]4(C)CCC(=O)N34)n2)cc1. The van der Waals surface area contributed by atoms with Gasteiger partial charge in [-0.15, -0.1) is 23.1 Å². The highest BCUT2D eigenvalue weighted by Gasteiger charge is 2.52. The Bertz CT molecular complexity index is 943. The Morgan fingerprint density at radius 3 is 2.71 bits per heavy atom. The molecular weight excluding hydrogens is 396 g/mol. The maximum atomic E-state index is 12.7. The van der Waals surface area contributed by atoms with Crippen molar-refractivity contribution in [2.45, 2.75) is 37.6 Å². The molecule has 1 aromatic carbocycles. The highest BCUT2D eigenvalue weighted by molar-refractivity contribution is 8.01. The number of thiazole rings is 1. The topological polar surface area (TPSA) is 91.4 Å². The van der Waals surface area contributed by atoms with E-state index >= 15 is 0 Å². The zero-order valence-corrected chi connectivity index (χ0v) is 17.2. The zero-order chi connectivity index (χ0) is 19.9. The highest BCUT2D eigenvalue weighted by Crippen LogP contribution is 2.47. The third-order valence-electron chi connectivity index (χ3n) is 4.98. The highest BCUT2D eigenvalue weighted by atomic mass is 32.2. The lowest BCUT2D eigenvalue weighted by Gasteiger charge is -2.29. The fourth-order valence-corrected chi connectivity index (χ4v) is 5.75. The number of fused-ring (bicyclic) bond motifs is 1. The second-order valence-corrected chi connectivity index (χ2v) is 9.41. The molecule has 2 aromatic rings. The van der Waals surface area contributed by atoms with Gasteiger partial charge >= 0.3 is 0 Å². The molecule has 2 saturated heterocycles. The van der Waals surface area contributed by atoms with Gasteiger partial charge in [-0.3, -0.25) is 14.4 Å². The van der Waals surface area contributed by atoms with Crippen molar-refractivity contribution in [3.63, 3.8) is 0 Å². The Balaban J connectivity index is 1.44. The monoisotopic (exact) mass is 416 g/mol. The summed E-state index contributed by atoms with van der Waals surface area (Å²) in [6.07, 6.45) is 1.29. The Morgan fingerprint density at radius 2 is 2.00 bits per heavy atom. The van der Waals surface area contributed by atoms with E-state index in [1.54, 1.807) is 16.7 Å². The lowest BCUT2D eigenvalue weighted by atomic mass is 10.1. The van der Waals surface area contributed by atoms with Gasteiger partial charge in [-0.05, 0) is 25.5 Å². The fraction of sp³-hybridized carbons (Fsp3) is 0.368. The van der Waals surface area contributed by atoms with Crippen molar-refractivity contribution in [1.29, 1.82) is 0 Å². The number of benzene rings is 1. The van der Waals surface area contributed by atoms with E-state index in [1.165, 1.54) is 18.3 Å². The molecule has 2 atom stereocenters. The van der Waals surface area contributed by atoms with Crippen LogP contribution in [0.1, 0.15) is 26.7 Å². The molecule has 146 valence electrons. The minimum absolute atomic E-state index is 0.0479. The molecule has 0 bridgehead atoms. The molecule has 0 radical (unpaired) electrons. The Kier molecular flexibility index (Phi) is 4.88. The molecule has 9 heteroatoms. The quantitative estimate of drug-likeness (QED) is 0.799. The molecule has 7 nitrogen and oxygen atoms in total. The van der Waals surface area contributed by atoms with Crippen LogP contribution in [0.5, 0.6) is 0 Å². The molecule has 3 heterocycles. The van der Waals surface area contributed by atoms with Gasteiger partial charge < -0.3 is 15.5 Å². The van der Waals surface area contributed by atoms with Crippen molar-refractivity contribution >= 4 is 51.6 Å². The van der Waals surface area contributed by atoms with Crippen LogP contribution in [0.2, 0.25) is 0 Å². The summed E-state index contributed by atoms with van der Waals surface area (Å²) in [5.74, 6) is 0.348. The predicted octanol–water partition coefficient (Wildman–Crippen LogP) is 3.16. The standard InChI is InChI=1S/C19H20N4O3S2/c1-11(24)20-13-5-3-12(4-6-13)14-9-27-18(21-14)22-17(26)15-10-28-19(2)8-7-16(25)23(15)19/h3-6,9,15H,7-8,10H2,1-2H3,(H,20,24)(H,21,22,26)/t15-,19+/m0/s1. The molecule has 0 aliphatic carbocycles. The summed E-state index contributed by atoms with van der Waals surface area (Å²) in [7, 11) is 0. The molecule has 2 aliphatic rings. The summed E-state index contributed by atoms with van der Waals surface area (Å²) in [4.78, 5) is 42.0. The molecule has 3 amide bonds. The van der Waals surface area contributed by atoms with Crippen LogP contribution in [-0.4, -0.2) is 44.3 Å². The molecule has 0 saturated carbocycles. The molecule has 0 unspecified atom stereocenters.